The summed E-state index contributed by atoms with van der Waals surface area (Å²) < 4.78 is 0. The quantitative estimate of drug-likeness (QED) is 0.864. The molecule has 1 fully saturated rings. The van der Waals surface area contributed by atoms with E-state index in [-0.39, 0.29) is 0 Å². The van der Waals surface area contributed by atoms with Gasteiger partial charge in [0.25, 0.3) is 0 Å². The zero-order valence-electron chi connectivity index (χ0n) is 13.4. The van der Waals surface area contributed by atoms with Gasteiger partial charge in [-0.25, -0.2) is 9.97 Å². The normalized spacial score (nSPS) is 16.0. The molecule has 0 unspecified atom stereocenters. The van der Waals surface area contributed by atoms with Crippen LogP contribution in [0.3, 0.4) is 0 Å². The summed E-state index contributed by atoms with van der Waals surface area (Å²) in [5, 5.41) is 0. The summed E-state index contributed by atoms with van der Waals surface area (Å²) in [4.78, 5) is 18.2. The van der Waals surface area contributed by atoms with Crippen LogP contribution in [0.15, 0.2) is 30.7 Å². The third-order valence-electron chi connectivity index (χ3n) is 4.25. The van der Waals surface area contributed by atoms with Crippen LogP contribution in [0.5, 0.6) is 0 Å². The monoisotopic (exact) mass is 297 g/mol. The Morgan fingerprint density at radius 1 is 1.05 bits per heavy atom. The molecule has 1 aliphatic rings. The highest BCUT2D eigenvalue weighted by molar-refractivity contribution is 5.30. The number of nitrogens with zero attached hydrogens (tertiary/aromatic N) is 5. The van der Waals surface area contributed by atoms with E-state index < -0.39 is 0 Å². The van der Waals surface area contributed by atoms with E-state index in [1.807, 2.05) is 24.7 Å². The van der Waals surface area contributed by atoms with Crippen molar-refractivity contribution in [3.63, 3.8) is 0 Å². The smallest absolute Gasteiger partial charge is 0.225 e. The molecular formula is C17H23N5. The molecule has 22 heavy (non-hydrogen) atoms. The van der Waals surface area contributed by atoms with Crippen LogP contribution in [0.1, 0.15) is 23.7 Å². The molecule has 3 rings (SSSR count). The molecule has 0 spiro atoms. The molecular weight excluding hydrogens is 274 g/mol. The highest BCUT2D eigenvalue weighted by Gasteiger charge is 2.19. The first-order chi connectivity index (χ1) is 10.8. The Bertz CT molecular complexity index is 603. The first kappa shape index (κ1) is 14.9. The maximum atomic E-state index is 4.49. The van der Waals surface area contributed by atoms with E-state index >= 15 is 0 Å². The van der Waals surface area contributed by atoms with E-state index in [0.29, 0.717) is 0 Å². The molecule has 0 amide bonds. The number of hydrogen-bond donors (Lipinski definition) is 0. The van der Waals surface area contributed by atoms with Crippen LogP contribution >= 0.6 is 0 Å². The van der Waals surface area contributed by atoms with Gasteiger partial charge in [-0.05, 0) is 30.5 Å². The lowest BCUT2D eigenvalue weighted by molar-refractivity contribution is 0.245. The van der Waals surface area contributed by atoms with Gasteiger partial charge in [-0.3, -0.25) is 9.88 Å². The first-order valence-electron chi connectivity index (χ1n) is 7.95. The van der Waals surface area contributed by atoms with Crippen molar-refractivity contribution in [2.24, 2.45) is 0 Å². The number of aryl methyl sites for hydroxylation is 2. The van der Waals surface area contributed by atoms with Crippen LogP contribution in [-0.4, -0.2) is 46.0 Å². The lowest BCUT2D eigenvalue weighted by Crippen LogP contribution is -2.46. The maximum absolute atomic E-state index is 4.49. The standard InChI is InChI=1S/C17H23N5/c1-3-15-11-19-17(20-12-15)22-9-7-21(8-10-22)13-16-14(2)5-4-6-18-16/h4-6,11-12H,3,7-10,13H2,1-2H3. The summed E-state index contributed by atoms with van der Waals surface area (Å²) in [5.41, 5.74) is 3.64. The van der Waals surface area contributed by atoms with E-state index in [2.05, 4.69) is 44.7 Å². The molecule has 0 radical (unpaired) electrons. The van der Waals surface area contributed by atoms with Crippen molar-refractivity contribution < 1.29 is 0 Å². The highest BCUT2D eigenvalue weighted by Crippen LogP contribution is 2.14. The van der Waals surface area contributed by atoms with Crippen molar-refractivity contribution in [3.8, 4) is 0 Å². The fourth-order valence-electron chi connectivity index (χ4n) is 2.70. The molecule has 3 heterocycles. The number of pyridine rings is 1. The number of aromatic nitrogens is 3. The number of hydrogen-bond acceptors (Lipinski definition) is 5. The zero-order chi connectivity index (χ0) is 15.4. The molecule has 5 nitrogen and oxygen atoms in total. The Labute approximate surface area is 132 Å². The van der Waals surface area contributed by atoms with E-state index in [9.17, 15) is 0 Å². The Hall–Kier alpha value is -2.01. The lowest BCUT2D eigenvalue weighted by Gasteiger charge is -2.34. The maximum Gasteiger partial charge on any atom is 0.225 e. The second-order valence-electron chi connectivity index (χ2n) is 5.78. The van der Waals surface area contributed by atoms with E-state index in [0.717, 1.165) is 45.1 Å². The lowest BCUT2D eigenvalue weighted by atomic mass is 10.2. The summed E-state index contributed by atoms with van der Waals surface area (Å²) >= 11 is 0. The van der Waals surface area contributed by atoms with Crippen LogP contribution in [0.25, 0.3) is 0 Å². The minimum Gasteiger partial charge on any atom is -0.338 e. The predicted octanol–water partition coefficient (Wildman–Crippen LogP) is 2.06. The molecule has 5 heteroatoms. The number of piperazine rings is 1. The van der Waals surface area contributed by atoms with Crippen LogP contribution in [0.2, 0.25) is 0 Å². The number of anilines is 1. The van der Waals surface area contributed by atoms with Gasteiger partial charge in [-0.1, -0.05) is 13.0 Å². The Morgan fingerprint density at radius 3 is 2.41 bits per heavy atom. The molecule has 0 bridgehead atoms. The summed E-state index contributed by atoms with van der Waals surface area (Å²) in [6.07, 6.45) is 6.73. The van der Waals surface area contributed by atoms with Crippen molar-refractivity contribution >= 4 is 5.95 Å². The molecule has 0 N–H and O–H groups in total. The SMILES string of the molecule is CCc1cnc(N2CCN(Cc3ncccc3C)CC2)nc1. The molecule has 1 saturated heterocycles. The molecule has 1 aliphatic heterocycles. The first-order valence-corrected chi connectivity index (χ1v) is 7.95. The van der Waals surface area contributed by atoms with E-state index in [1.54, 1.807) is 0 Å². The second kappa shape index (κ2) is 6.83. The van der Waals surface area contributed by atoms with Crippen LogP contribution in [-0.2, 0) is 13.0 Å². The summed E-state index contributed by atoms with van der Waals surface area (Å²) in [6, 6.07) is 4.12. The summed E-state index contributed by atoms with van der Waals surface area (Å²) in [6.45, 7) is 9.16. The number of rotatable bonds is 4. The molecule has 0 aromatic carbocycles. The fraction of sp³-hybridized carbons (Fsp3) is 0.471. The predicted molar refractivity (Wildman–Crippen MR) is 87.9 cm³/mol. The van der Waals surface area contributed by atoms with Gasteiger partial charge in [-0.2, -0.15) is 0 Å². The topological polar surface area (TPSA) is 45.2 Å². The third-order valence-corrected chi connectivity index (χ3v) is 4.25. The van der Waals surface area contributed by atoms with E-state index in [4.69, 9.17) is 0 Å². The highest BCUT2D eigenvalue weighted by atomic mass is 15.3. The van der Waals surface area contributed by atoms with Gasteiger partial charge in [0.05, 0.1) is 5.69 Å². The summed E-state index contributed by atoms with van der Waals surface area (Å²) in [5.74, 6) is 0.853. The largest absolute Gasteiger partial charge is 0.338 e. The molecule has 116 valence electrons. The van der Waals surface area contributed by atoms with Gasteiger partial charge in [0.15, 0.2) is 0 Å². The van der Waals surface area contributed by atoms with Gasteiger partial charge < -0.3 is 4.90 Å². The Kier molecular flexibility index (Phi) is 4.63. The fourth-order valence-corrected chi connectivity index (χ4v) is 2.70. The van der Waals surface area contributed by atoms with Crippen molar-refractivity contribution in [2.45, 2.75) is 26.8 Å². The van der Waals surface area contributed by atoms with Crippen molar-refractivity contribution in [1.82, 2.24) is 19.9 Å². The average Bonchev–Trinajstić information content (AvgIpc) is 2.58. The van der Waals surface area contributed by atoms with Gasteiger partial charge in [0, 0.05) is 51.3 Å². The zero-order valence-corrected chi connectivity index (χ0v) is 13.4. The molecule has 0 saturated carbocycles. The van der Waals surface area contributed by atoms with Gasteiger partial charge in [-0.15, -0.1) is 0 Å². The van der Waals surface area contributed by atoms with Crippen molar-refractivity contribution in [3.05, 3.63) is 47.5 Å². The summed E-state index contributed by atoms with van der Waals surface area (Å²) in [7, 11) is 0. The Balaban J connectivity index is 1.57. The molecule has 2 aromatic rings. The van der Waals surface area contributed by atoms with Crippen molar-refractivity contribution in [2.75, 3.05) is 31.1 Å². The van der Waals surface area contributed by atoms with E-state index in [1.165, 1.54) is 16.8 Å². The van der Waals surface area contributed by atoms with Crippen molar-refractivity contribution in [1.29, 1.82) is 0 Å². The molecule has 0 aliphatic carbocycles. The minimum absolute atomic E-state index is 0.853. The Morgan fingerprint density at radius 2 is 1.77 bits per heavy atom. The third kappa shape index (κ3) is 3.42. The van der Waals surface area contributed by atoms with Gasteiger partial charge >= 0.3 is 0 Å². The minimum atomic E-state index is 0.853. The van der Waals surface area contributed by atoms with Gasteiger partial charge in [0.1, 0.15) is 0 Å². The van der Waals surface area contributed by atoms with Crippen LogP contribution < -0.4 is 4.90 Å². The van der Waals surface area contributed by atoms with Crippen LogP contribution in [0, 0.1) is 6.92 Å². The van der Waals surface area contributed by atoms with Crippen LogP contribution in [0.4, 0.5) is 5.95 Å². The second-order valence-corrected chi connectivity index (χ2v) is 5.78. The molecule has 2 aromatic heterocycles. The van der Waals surface area contributed by atoms with Gasteiger partial charge in [0.2, 0.25) is 5.95 Å². The molecule has 0 atom stereocenters. The average molecular weight is 297 g/mol.